The van der Waals surface area contributed by atoms with Gasteiger partial charge in [-0.2, -0.15) is 0 Å². The molecule has 1 heterocycles. The van der Waals surface area contributed by atoms with Gasteiger partial charge in [-0.15, -0.1) is 0 Å². The molecule has 94 valence electrons. The van der Waals surface area contributed by atoms with E-state index in [9.17, 15) is 0 Å². The summed E-state index contributed by atoms with van der Waals surface area (Å²) in [5.41, 5.74) is 4.01. The number of nitrogens with zero attached hydrogens (tertiary/aromatic N) is 2. The van der Waals surface area contributed by atoms with Crippen LogP contribution >= 0.6 is 0 Å². The van der Waals surface area contributed by atoms with Crippen molar-refractivity contribution >= 4 is 34.6 Å². The van der Waals surface area contributed by atoms with Gasteiger partial charge < -0.3 is 0 Å². The summed E-state index contributed by atoms with van der Waals surface area (Å²) >= 11 is 0. The van der Waals surface area contributed by atoms with E-state index in [0.717, 1.165) is 22.5 Å². The van der Waals surface area contributed by atoms with Crippen LogP contribution in [0, 0.1) is 0 Å². The van der Waals surface area contributed by atoms with Crippen LogP contribution in [-0.2, 0) is 0 Å². The minimum absolute atomic E-state index is 0.905. The molecule has 0 unspecified atom stereocenters. The molecule has 2 nitrogen and oxygen atoms in total. The molecule has 20 heavy (non-hydrogen) atoms. The molecule has 0 amide bonds. The fraction of sp³-hybridized carbons (Fsp3) is 0. The van der Waals surface area contributed by atoms with Crippen LogP contribution in [0.3, 0.4) is 0 Å². The Morgan fingerprint density at radius 1 is 0.550 bits per heavy atom. The van der Waals surface area contributed by atoms with Crippen LogP contribution < -0.4 is 0 Å². The number of benzene rings is 3. The molecule has 3 aromatic rings. The molecule has 4 rings (SSSR count). The van der Waals surface area contributed by atoms with Crippen LogP contribution in [0.2, 0.25) is 0 Å². The van der Waals surface area contributed by atoms with Gasteiger partial charge in [0.15, 0.2) is 0 Å². The van der Waals surface area contributed by atoms with Gasteiger partial charge in [-0.25, -0.2) is 0 Å². The average molecular weight is 256 g/mol. The molecule has 0 spiro atoms. The van der Waals surface area contributed by atoms with Crippen LogP contribution in [0.15, 0.2) is 70.6 Å². The van der Waals surface area contributed by atoms with E-state index in [2.05, 4.69) is 46.4 Å². The van der Waals surface area contributed by atoms with Crippen LogP contribution in [-0.4, -0.2) is 12.4 Å². The second-order valence-corrected chi connectivity index (χ2v) is 4.83. The molecular weight excluding hydrogens is 244 g/mol. The number of para-hydroxylation sites is 2. The fourth-order valence-electron chi connectivity index (χ4n) is 2.46. The SMILES string of the molecule is C1=Nc2ccccc2N=Cc2cc3ccccc3cc21. The number of fused-ring (bicyclic) bond motifs is 3. The van der Waals surface area contributed by atoms with Gasteiger partial charge in [-0.1, -0.05) is 36.4 Å². The second kappa shape index (κ2) is 4.42. The first-order chi connectivity index (χ1) is 9.90. The van der Waals surface area contributed by atoms with Crippen LogP contribution in [0.1, 0.15) is 11.1 Å². The van der Waals surface area contributed by atoms with Crippen molar-refractivity contribution in [2.45, 2.75) is 0 Å². The molecule has 0 aliphatic carbocycles. The van der Waals surface area contributed by atoms with Gasteiger partial charge in [0.25, 0.3) is 0 Å². The fourth-order valence-corrected chi connectivity index (χ4v) is 2.46. The third-order valence-electron chi connectivity index (χ3n) is 3.52. The van der Waals surface area contributed by atoms with Crippen LogP contribution in [0.4, 0.5) is 11.4 Å². The van der Waals surface area contributed by atoms with Crippen molar-refractivity contribution in [3.63, 3.8) is 0 Å². The van der Waals surface area contributed by atoms with Gasteiger partial charge >= 0.3 is 0 Å². The molecule has 0 N–H and O–H groups in total. The Bertz CT molecular complexity index is 789. The van der Waals surface area contributed by atoms with Gasteiger partial charge in [-0.3, -0.25) is 9.98 Å². The predicted molar refractivity (Wildman–Crippen MR) is 84.9 cm³/mol. The first-order valence-corrected chi connectivity index (χ1v) is 6.60. The van der Waals surface area contributed by atoms with Gasteiger partial charge in [0.1, 0.15) is 0 Å². The molecule has 0 bridgehead atoms. The Kier molecular flexibility index (Phi) is 2.46. The summed E-state index contributed by atoms with van der Waals surface area (Å²) in [5.74, 6) is 0. The Balaban J connectivity index is 1.95. The maximum absolute atomic E-state index is 4.56. The van der Waals surface area contributed by atoms with E-state index >= 15 is 0 Å². The minimum Gasteiger partial charge on any atom is -0.254 e. The quantitative estimate of drug-likeness (QED) is 0.437. The molecule has 2 heteroatoms. The Morgan fingerprint density at radius 3 is 1.50 bits per heavy atom. The van der Waals surface area contributed by atoms with E-state index in [1.165, 1.54) is 10.8 Å². The second-order valence-electron chi connectivity index (χ2n) is 4.83. The third kappa shape index (κ3) is 1.82. The molecule has 0 saturated carbocycles. The summed E-state index contributed by atoms with van der Waals surface area (Å²) in [4.78, 5) is 9.11. The van der Waals surface area contributed by atoms with E-state index in [1.807, 2.05) is 36.7 Å². The summed E-state index contributed by atoms with van der Waals surface area (Å²) in [6, 6.07) is 20.6. The smallest absolute Gasteiger partial charge is 0.0886 e. The molecule has 0 fully saturated rings. The van der Waals surface area contributed by atoms with Crippen molar-refractivity contribution in [1.29, 1.82) is 0 Å². The number of hydrogen-bond donors (Lipinski definition) is 0. The lowest BCUT2D eigenvalue weighted by atomic mass is 10.0. The minimum atomic E-state index is 0.905. The maximum atomic E-state index is 4.56. The molecule has 0 saturated heterocycles. The predicted octanol–water partition coefficient (Wildman–Crippen LogP) is 4.65. The summed E-state index contributed by atoms with van der Waals surface area (Å²) in [6.45, 7) is 0. The molecule has 3 aromatic carbocycles. The normalized spacial score (nSPS) is 12.6. The molecule has 1 aliphatic heterocycles. The van der Waals surface area contributed by atoms with Crippen molar-refractivity contribution < 1.29 is 0 Å². The van der Waals surface area contributed by atoms with E-state index in [1.54, 1.807) is 0 Å². The van der Waals surface area contributed by atoms with Gasteiger partial charge in [0, 0.05) is 23.6 Å². The van der Waals surface area contributed by atoms with Gasteiger partial charge in [-0.05, 0) is 35.0 Å². The molecule has 0 radical (unpaired) electrons. The van der Waals surface area contributed by atoms with Gasteiger partial charge in [0.05, 0.1) is 11.4 Å². The Labute approximate surface area is 117 Å². The van der Waals surface area contributed by atoms with Crippen LogP contribution in [0.25, 0.3) is 10.8 Å². The van der Waals surface area contributed by atoms with Crippen molar-refractivity contribution in [1.82, 2.24) is 0 Å². The van der Waals surface area contributed by atoms with E-state index in [0.29, 0.717) is 0 Å². The number of rotatable bonds is 0. The Morgan fingerprint density at radius 2 is 1.00 bits per heavy atom. The van der Waals surface area contributed by atoms with Crippen molar-refractivity contribution in [3.05, 3.63) is 71.8 Å². The standard InChI is InChI=1S/C18H12N2/c1-2-6-14-10-16-12-20-18-8-4-3-7-17(18)19-11-15(16)9-13(14)5-1/h1-12H. The lowest BCUT2D eigenvalue weighted by molar-refractivity contribution is 1.44. The monoisotopic (exact) mass is 256 g/mol. The highest BCUT2D eigenvalue weighted by Gasteiger charge is 2.05. The summed E-state index contributed by atoms with van der Waals surface area (Å²) in [7, 11) is 0. The van der Waals surface area contributed by atoms with Crippen molar-refractivity contribution in [2.75, 3.05) is 0 Å². The zero-order valence-electron chi connectivity index (χ0n) is 10.8. The summed E-state index contributed by atoms with van der Waals surface area (Å²) < 4.78 is 0. The third-order valence-corrected chi connectivity index (χ3v) is 3.52. The highest BCUT2D eigenvalue weighted by Crippen LogP contribution is 2.29. The zero-order valence-corrected chi connectivity index (χ0v) is 10.8. The molecular formula is C18H12N2. The molecule has 0 atom stereocenters. The summed E-state index contributed by atoms with van der Waals surface area (Å²) in [6.07, 6.45) is 3.84. The Hall–Kier alpha value is -2.74. The lowest BCUT2D eigenvalue weighted by Gasteiger charge is -2.08. The van der Waals surface area contributed by atoms with E-state index < -0.39 is 0 Å². The highest BCUT2D eigenvalue weighted by atomic mass is 14.8. The largest absolute Gasteiger partial charge is 0.254 e. The molecule has 0 aromatic heterocycles. The van der Waals surface area contributed by atoms with E-state index in [4.69, 9.17) is 0 Å². The van der Waals surface area contributed by atoms with E-state index in [-0.39, 0.29) is 0 Å². The van der Waals surface area contributed by atoms with Crippen molar-refractivity contribution in [3.8, 4) is 0 Å². The highest BCUT2D eigenvalue weighted by molar-refractivity contribution is 6.03. The average Bonchev–Trinajstić information content (AvgIpc) is 2.49. The topological polar surface area (TPSA) is 24.7 Å². The van der Waals surface area contributed by atoms with Gasteiger partial charge in [0.2, 0.25) is 0 Å². The zero-order chi connectivity index (χ0) is 13.4. The maximum Gasteiger partial charge on any atom is 0.0886 e. The van der Waals surface area contributed by atoms with Crippen molar-refractivity contribution in [2.24, 2.45) is 9.98 Å². The number of hydrogen-bond acceptors (Lipinski definition) is 2. The summed E-state index contributed by atoms with van der Waals surface area (Å²) in [5, 5.41) is 2.44. The molecule has 1 aliphatic rings. The first-order valence-electron chi connectivity index (χ1n) is 6.60. The lowest BCUT2D eigenvalue weighted by Crippen LogP contribution is -1.94. The number of aliphatic imine (C=N–C) groups is 2. The van der Waals surface area contributed by atoms with Crippen LogP contribution in [0.5, 0.6) is 0 Å². The first kappa shape index (κ1) is 11.1.